The maximum atomic E-state index is 3.89. The highest BCUT2D eigenvalue weighted by Gasteiger charge is 1.93. The summed E-state index contributed by atoms with van der Waals surface area (Å²) < 4.78 is 0. The summed E-state index contributed by atoms with van der Waals surface area (Å²) in [6.45, 7) is 8.39. The van der Waals surface area contributed by atoms with Crippen LogP contribution in [0.25, 0.3) is 0 Å². The van der Waals surface area contributed by atoms with Crippen molar-refractivity contribution >= 4 is 0 Å². The van der Waals surface area contributed by atoms with Gasteiger partial charge in [-0.25, -0.2) is 0 Å². The van der Waals surface area contributed by atoms with Crippen molar-refractivity contribution in [2.24, 2.45) is 0 Å². The van der Waals surface area contributed by atoms with Crippen LogP contribution in [0.4, 0.5) is 0 Å². The Kier molecular flexibility index (Phi) is 11.2. The van der Waals surface area contributed by atoms with Crippen molar-refractivity contribution in [2.45, 2.75) is 71.6 Å². The number of allylic oxidation sites excluding steroid dienone is 3. The largest absolute Gasteiger partial charge is 0.0988 e. The maximum absolute atomic E-state index is 3.89. The zero-order chi connectivity index (χ0) is 11.4. The topological polar surface area (TPSA) is 0 Å². The minimum atomic E-state index is 1.23. The van der Waals surface area contributed by atoms with Crippen LogP contribution in [0.15, 0.2) is 24.3 Å². The lowest BCUT2D eigenvalue weighted by Gasteiger charge is -2.02. The van der Waals surface area contributed by atoms with Gasteiger partial charge in [-0.2, -0.15) is 0 Å². The molecule has 0 amide bonds. The first-order valence-corrected chi connectivity index (χ1v) is 6.66. The molecule has 0 nitrogen and oxygen atoms in total. The Bertz CT molecular complexity index is 165. The summed E-state index contributed by atoms with van der Waals surface area (Å²) in [7, 11) is 0. The van der Waals surface area contributed by atoms with Crippen molar-refractivity contribution < 1.29 is 0 Å². The monoisotopic (exact) mass is 208 g/mol. The van der Waals surface area contributed by atoms with Gasteiger partial charge < -0.3 is 0 Å². The van der Waals surface area contributed by atoms with E-state index >= 15 is 0 Å². The molecular formula is C15H28. The van der Waals surface area contributed by atoms with E-state index in [1.165, 1.54) is 63.4 Å². The highest BCUT2D eigenvalue weighted by Crippen LogP contribution is 2.13. The molecule has 0 heterocycles. The summed E-state index contributed by atoms with van der Waals surface area (Å²) in [5.41, 5.74) is 1.46. The smallest absolute Gasteiger partial charge is 0.0282 e. The van der Waals surface area contributed by atoms with Gasteiger partial charge in [0.15, 0.2) is 0 Å². The summed E-state index contributed by atoms with van der Waals surface area (Å²) >= 11 is 0. The average Bonchev–Trinajstić information content (AvgIpc) is 2.26. The van der Waals surface area contributed by atoms with E-state index in [9.17, 15) is 0 Å². The summed E-state index contributed by atoms with van der Waals surface area (Å²) in [5.74, 6) is 0. The Morgan fingerprint density at radius 3 is 2.20 bits per heavy atom. The van der Waals surface area contributed by atoms with Crippen LogP contribution in [0.3, 0.4) is 0 Å². The summed E-state index contributed by atoms with van der Waals surface area (Å²) in [5, 5.41) is 0. The van der Waals surface area contributed by atoms with Crippen molar-refractivity contribution in [3.8, 4) is 0 Å². The lowest BCUT2D eigenvalue weighted by molar-refractivity contribution is 0.632. The fourth-order valence-electron chi connectivity index (χ4n) is 1.71. The van der Waals surface area contributed by atoms with E-state index in [1.807, 2.05) is 6.08 Å². The van der Waals surface area contributed by atoms with Crippen molar-refractivity contribution in [1.29, 1.82) is 0 Å². The van der Waals surface area contributed by atoms with E-state index in [4.69, 9.17) is 0 Å². The first kappa shape index (κ1) is 14.5. The van der Waals surface area contributed by atoms with E-state index in [1.54, 1.807) is 0 Å². The molecule has 0 aromatic carbocycles. The second-order valence-corrected chi connectivity index (χ2v) is 4.29. The average molecular weight is 208 g/mol. The Hall–Kier alpha value is -0.520. The van der Waals surface area contributed by atoms with E-state index < -0.39 is 0 Å². The Morgan fingerprint density at radius 1 is 0.933 bits per heavy atom. The zero-order valence-corrected chi connectivity index (χ0v) is 10.7. The van der Waals surface area contributed by atoms with Gasteiger partial charge in [-0.15, -0.1) is 0 Å². The normalized spacial score (nSPS) is 11.7. The van der Waals surface area contributed by atoms with Gasteiger partial charge in [0, 0.05) is 0 Å². The van der Waals surface area contributed by atoms with Crippen molar-refractivity contribution in [1.82, 2.24) is 0 Å². The molecule has 0 aromatic rings. The molecule has 0 fully saturated rings. The van der Waals surface area contributed by atoms with Crippen LogP contribution < -0.4 is 0 Å². The van der Waals surface area contributed by atoms with Crippen LogP contribution in [0.1, 0.15) is 71.6 Å². The Labute approximate surface area is 96.5 Å². The second kappa shape index (κ2) is 11.6. The molecule has 0 saturated carbocycles. The van der Waals surface area contributed by atoms with Gasteiger partial charge >= 0.3 is 0 Å². The van der Waals surface area contributed by atoms with Gasteiger partial charge in [0.2, 0.25) is 0 Å². The molecule has 0 atom stereocenters. The van der Waals surface area contributed by atoms with Crippen LogP contribution in [0.2, 0.25) is 0 Å². The molecule has 0 N–H and O–H groups in total. The summed E-state index contributed by atoms with van der Waals surface area (Å²) in [6, 6.07) is 0. The van der Waals surface area contributed by atoms with Gasteiger partial charge in [0.1, 0.15) is 0 Å². The van der Waals surface area contributed by atoms with Crippen LogP contribution in [-0.2, 0) is 0 Å². The minimum Gasteiger partial charge on any atom is -0.0988 e. The fraction of sp³-hybridized carbons (Fsp3) is 0.733. The van der Waals surface area contributed by atoms with Crippen molar-refractivity contribution in [2.75, 3.05) is 0 Å². The number of hydrogen-bond donors (Lipinski definition) is 0. The maximum Gasteiger partial charge on any atom is -0.0282 e. The Morgan fingerprint density at radius 2 is 1.60 bits per heavy atom. The molecule has 0 heteroatoms. The number of hydrogen-bond acceptors (Lipinski definition) is 0. The third-order valence-corrected chi connectivity index (χ3v) is 2.80. The highest BCUT2D eigenvalue weighted by molar-refractivity contribution is 5.15. The molecule has 0 aliphatic heterocycles. The summed E-state index contributed by atoms with van der Waals surface area (Å²) in [4.78, 5) is 0. The zero-order valence-electron chi connectivity index (χ0n) is 10.7. The van der Waals surface area contributed by atoms with Gasteiger partial charge in [0.25, 0.3) is 0 Å². The molecule has 15 heavy (non-hydrogen) atoms. The van der Waals surface area contributed by atoms with E-state index in [2.05, 4.69) is 26.5 Å². The van der Waals surface area contributed by atoms with E-state index in [-0.39, 0.29) is 0 Å². The third-order valence-electron chi connectivity index (χ3n) is 2.80. The van der Waals surface area contributed by atoms with Gasteiger partial charge in [0.05, 0.1) is 0 Å². The van der Waals surface area contributed by atoms with Crippen LogP contribution in [-0.4, -0.2) is 0 Å². The first-order chi connectivity index (χ1) is 7.35. The van der Waals surface area contributed by atoms with Crippen molar-refractivity contribution in [3.63, 3.8) is 0 Å². The number of unbranched alkanes of at least 4 members (excludes halogenated alkanes) is 6. The van der Waals surface area contributed by atoms with Gasteiger partial charge in [-0.05, 0) is 19.3 Å². The van der Waals surface area contributed by atoms with E-state index in [0.717, 1.165) is 0 Å². The molecule has 0 saturated heterocycles. The van der Waals surface area contributed by atoms with Gasteiger partial charge in [-0.3, -0.25) is 0 Å². The molecule has 0 aromatic heterocycles. The SMILES string of the molecule is C=CC(=CCCCC)CCCCCCC. The molecule has 88 valence electrons. The highest BCUT2D eigenvalue weighted by atomic mass is 14.0. The second-order valence-electron chi connectivity index (χ2n) is 4.29. The lowest BCUT2D eigenvalue weighted by atomic mass is 10.0. The lowest BCUT2D eigenvalue weighted by Crippen LogP contribution is -1.82. The first-order valence-electron chi connectivity index (χ1n) is 6.66. The summed E-state index contributed by atoms with van der Waals surface area (Å²) in [6.07, 6.45) is 16.3. The minimum absolute atomic E-state index is 1.23. The fourth-order valence-corrected chi connectivity index (χ4v) is 1.71. The molecule has 0 rings (SSSR count). The molecule has 0 spiro atoms. The van der Waals surface area contributed by atoms with Crippen LogP contribution in [0.5, 0.6) is 0 Å². The van der Waals surface area contributed by atoms with Gasteiger partial charge in [-0.1, -0.05) is 76.7 Å². The molecule has 0 radical (unpaired) electrons. The Balaban J connectivity index is 3.51. The van der Waals surface area contributed by atoms with Crippen molar-refractivity contribution in [3.05, 3.63) is 24.3 Å². The van der Waals surface area contributed by atoms with Crippen LogP contribution in [0, 0.1) is 0 Å². The standard InChI is InChI=1S/C15H28/c1-4-7-9-10-12-14-15(6-3)13-11-8-5-2/h6,13H,3-5,7-12,14H2,1-2H3. The third kappa shape index (κ3) is 9.78. The molecule has 0 aliphatic carbocycles. The molecule has 0 aliphatic rings. The quantitative estimate of drug-likeness (QED) is 0.321. The predicted octanol–water partition coefficient (Wildman–Crippen LogP) is 5.65. The predicted molar refractivity (Wildman–Crippen MR) is 71.2 cm³/mol. The molecule has 0 unspecified atom stereocenters. The molecule has 0 bridgehead atoms. The molecular weight excluding hydrogens is 180 g/mol. The van der Waals surface area contributed by atoms with E-state index in [0.29, 0.717) is 0 Å². The number of rotatable bonds is 10. The van der Waals surface area contributed by atoms with Crippen LogP contribution >= 0.6 is 0 Å².